The molecule has 0 saturated carbocycles. The lowest BCUT2D eigenvalue weighted by Gasteiger charge is -2.13. The van der Waals surface area contributed by atoms with Crippen LogP contribution in [0.3, 0.4) is 0 Å². The Morgan fingerprint density at radius 3 is 2.44 bits per heavy atom. The molecule has 0 saturated heterocycles. The maximum Gasteiger partial charge on any atom is 0.315 e. The number of nitrogens with one attached hydrogen (secondary N) is 2. The van der Waals surface area contributed by atoms with Crippen LogP contribution in [-0.4, -0.2) is 26.4 Å². The van der Waals surface area contributed by atoms with Crippen LogP contribution >= 0.6 is 0 Å². The minimum absolute atomic E-state index is 0.0945. The molecule has 2 heterocycles. The first-order valence-corrected chi connectivity index (χ1v) is 8.38. The Morgan fingerprint density at radius 2 is 1.80 bits per heavy atom. The SMILES string of the molecule is Cc1nn(-c2ccccc2)c(-n2cccc2)c1CNC(=O)NC(C)C. The second kappa shape index (κ2) is 7.25. The summed E-state index contributed by atoms with van der Waals surface area (Å²) in [7, 11) is 0. The molecule has 2 N–H and O–H groups in total. The highest BCUT2D eigenvalue weighted by Crippen LogP contribution is 2.22. The standard InChI is InChI=1S/C19H23N5O/c1-14(2)21-19(25)20-13-17-15(3)22-24(16-9-5-4-6-10-16)18(17)23-11-7-8-12-23/h4-12,14H,13H2,1-3H3,(H2,20,21,25). The molecule has 2 amide bonds. The Kier molecular flexibility index (Phi) is 4.88. The van der Waals surface area contributed by atoms with Crippen molar-refractivity contribution in [2.45, 2.75) is 33.4 Å². The van der Waals surface area contributed by atoms with Crippen molar-refractivity contribution in [3.8, 4) is 11.5 Å². The number of carbonyl (C=O) groups is 1. The van der Waals surface area contributed by atoms with E-state index in [1.165, 1.54) is 0 Å². The van der Waals surface area contributed by atoms with Gasteiger partial charge in [0.1, 0.15) is 5.82 Å². The van der Waals surface area contributed by atoms with Crippen LogP contribution in [0.2, 0.25) is 0 Å². The highest BCUT2D eigenvalue weighted by Gasteiger charge is 2.18. The number of benzene rings is 1. The van der Waals surface area contributed by atoms with Crippen LogP contribution in [0, 0.1) is 6.92 Å². The summed E-state index contributed by atoms with van der Waals surface area (Å²) in [6.45, 7) is 6.24. The molecule has 0 bridgehead atoms. The molecule has 25 heavy (non-hydrogen) atoms. The highest BCUT2D eigenvalue weighted by molar-refractivity contribution is 5.74. The maximum atomic E-state index is 12.0. The maximum absolute atomic E-state index is 12.0. The number of rotatable bonds is 5. The summed E-state index contributed by atoms with van der Waals surface area (Å²) in [6, 6.07) is 13.8. The van der Waals surface area contributed by atoms with Gasteiger partial charge in [0.15, 0.2) is 0 Å². The fourth-order valence-electron chi connectivity index (χ4n) is 2.73. The zero-order valence-corrected chi connectivity index (χ0v) is 14.7. The topological polar surface area (TPSA) is 63.9 Å². The molecule has 0 unspecified atom stereocenters. The van der Waals surface area contributed by atoms with E-state index in [-0.39, 0.29) is 12.1 Å². The van der Waals surface area contributed by atoms with Crippen molar-refractivity contribution in [2.75, 3.05) is 0 Å². The van der Waals surface area contributed by atoms with Gasteiger partial charge in [0.2, 0.25) is 0 Å². The second-order valence-electron chi connectivity index (χ2n) is 6.21. The lowest BCUT2D eigenvalue weighted by molar-refractivity contribution is 0.238. The predicted octanol–water partition coefficient (Wildman–Crippen LogP) is 3.18. The van der Waals surface area contributed by atoms with Crippen molar-refractivity contribution in [2.24, 2.45) is 0 Å². The predicted molar refractivity (Wildman–Crippen MR) is 98.1 cm³/mol. The van der Waals surface area contributed by atoms with E-state index in [1.807, 2.05) is 84.9 Å². The normalized spacial score (nSPS) is 10.9. The first-order valence-electron chi connectivity index (χ1n) is 8.38. The summed E-state index contributed by atoms with van der Waals surface area (Å²) in [6.07, 6.45) is 3.96. The van der Waals surface area contributed by atoms with Crippen LogP contribution in [0.15, 0.2) is 54.9 Å². The number of hydrogen-bond donors (Lipinski definition) is 2. The molecule has 0 radical (unpaired) electrons. The monoisotopic (exact) mass is 337 g/mol. The van der Waals surface area contributed by atoms with Crippen LogP contribution in [0.25, 0.3) is 11.5 Å². The van der Waals surface area contributed by atoms with Crippen molar-refractivity contribution >= 4 is 6.03 Å². The van der Waals surface area contributed by atoms with Gasteiger partial charge in [-0.1, -0.05) is 18.2 Å². The first kappa shape index (κ1) is 16.8. The van der Waals surface area contributed by atoms with Crippen LogP contribution in [0.4, 0.5) is 4.79 Å². The quantitative estimate of drug-likeness (QED) is 0.751. The average Bonchev–Trinajstić information content (AvgIpc) is 3.20. The van der Waals surface area contributed by atoms with E-state index in [2.05, 4.69) is 10.6 Å². The third-order valence-electron chi connectivity index (χ3n) is 3.85. The molecule has 0 aliphatic heterocycles. The fraction of sp³-hybridized carbons (Fsp3) is 0.263. The molecule has 0 spiro atoms. The number of para-hydroxylation sites is 1. The van der Waals surface area contributed by atoms with Crippen LogP contribution in [0.5, 0.6) is 0 Å². The molecular weight excluding hydrogens is 314 g/mol. The second-order valence-corrected chi connectivity index (χ2v) is 6.21. The van der Waals surface area contributed by atoms with Gasteiger partial charge in [-0.3, -0.25) is 0 Å². The van der Waals surface area contributed by atoms with Crippen LogP contribution in [0.1, 0.15) is 25.1 Å². The van der Waals surface area contributed by atoms with E-state index in [9.17, 15) is 4.79 Å². The van der Waals surface area contributed by atoms with Crippen molar-refractivity contribution < 1.29 is 4.79 Å². The highest BCUT2D eigenvalue weighted by atomic mass is 16.2. The molecule has 0 fully saturated rings. The Hall–Kier alpha value is -3.02. The molecule has 1 aromatic carbocycles. The number of carbonyl (C=O) groups excluding carboxylic acids is 1. The van der Waals surface area contributed by atoms with Gasteiger partial charge >= 0.3 is 6.03 Å². The Morgan fingerprint density at radius 1 is 1.12 bits per heavy atom. The minimum atomic E-state index is -0.180. The Bertz CT molecular complexity index is 834. The van der Waals surface area contributed by atoms with Gasteiger partial charge < -0.3 is 15.2 Å². The molecule has 0 atom stereocenters. The van der Waals surface area contributed by atoms with Crippen LogP contribution in [-0.2, 0) is 6.54 Å². The van der Waals surface area contributed by atoms with Gasteiger partial charge in [-0.15, -0.1) is 0 Å². The van der Waals surface area contributed by atoms with Gasteiger partial charge in [-0.25, -0.2) is 9.48 Å². The van der Waals surface area contributed by atoms with Gasteiger partial charge in [-0.2, -0.15) is 5.10 Å². The van der Waals surface area contributed by atoms with E-state index in [0.29, 0.717) is 6.54 Å². The molecule has 3 aromatic rings. The number of aromatic nitrogens is 3. The average molecular weight is 337 g/mol. The number of nitrogens with zero attached hydrogens (tertiary/aromatic N) is 3. The van der Waals surface area contributed by atoms with E-state index in [0.717, 1.165) is 22.8 Å². The molecular formula is C19H23N5O. The Labute approximate surface area is 147 Å². The summed E-state index contributed by atoms with van der Waals surface area (Å²) in [5, 5.41) is 10.5. The largest absolute Gasteiger partial charge is 0.336 e. The summed E-state index contributed by atoms with van der Waals surface area (Å²) in [4.78, 5) is 12.0. The van der Waals surface area contributed by atoms with Gasteiger partial charge in [0.25, 0.3) is 0 Å². The zero-order valence-electron chi connectivity index (χ0n) is 14.7. The molecule has 6 nitrogen and oxygen atoms in total. The smallest absolute Gasteiger partial charge is 0.315 e. The molecule has 0 aliphatic carbocycles. The van der Waals surface area contributed by atoms with E-state index in [4.69, 9.17) is 5.10 Å². The number of aryl methyl sites for hydroxylation is 1. The van der Waals surface area contributed by atoms with E-state index in [1.54, 1.807) is 0 Å². The van der Waals surface area contributed by atoms with Gasteiger partial charge in [-0.05, 0) is 45.0 Å². The van der Waals surface area contributed by atoms with Crippen molar-refractivity contribution in [1.29, 1.82) is 0 Å². The molecule has 2 aromatic heterocycles. The lowest BCUT2D eigenvalue weighted by Crippen LogP contribution is -2.39. The van der Waals surface area contributed by atoms with E-state index >= 15 is 0 Å². The van der Waals surface area contributed by atoms with Gasteiger partial charge in [0, 0.05) is 24.0 Å². The number of urea groups is 1. The third-order valence-corrected chi connectivity index (χ3v) is 3.85. The summed E-state index contributed by atoms with van der Waals surface area (Å²) < 4.78 is 3.93. The van der Waals surface area contributed by atoms with Crippen molar-refractivity contribution in [3.05, 3.63) is 66.1 Å². The number of hydrogen-bond acceptors (Lipinski definition) is 2. The van der Waals surface area contributed by atoms with E-state index < -0.39 is 0 Å². The molecule has 3 rings (SSSR count). The van der Waals surface area contributed by atoms with Gasteiger partial charge in [0.05, 0.1) is 17.9 Å². The van der Waals surface area contributed by atoms with Crippen LogP contribution < -0.4 is 10.6 Å². The molecule has 130 valence electrons. The third kappa shape index (κ3) is 3.74. The number of amides is 2. The summed E-state index contributed by atoms with van der Waals surface area (Å²) >= 11 is 0. The molecule has 6 heteroatoms. The molecule has 0 aliphatic rings. The van der Waals surface area contributed by atoms with Crippen molar-refractivity contribution in [1.82, 2.24) is 25.0 Å². The fourth-order valence-corrected chi connectivity index (χ4v) is 2.73. The summed E-state index contributed by atoms with van der Waals surface area (Å²) in [5.41, 5.74) is 2.85. The summed E-state index contributed by atoms with van der Waals surface area (Å²) in [5.74, 6) is 0.929. The Balaban J connectivity index is 1.98. The van der Waals surface area contributed by atoms with Crippen molar-refractivity contribution in [3.63, 3.8) is 0 Å². The zero-order chi connectivity index (χ0) is 17.8. The minimum Gasteiger partial charge on any atom is -0.336 e. The lowest BCUT2D eigenvalue weighted by atomic mass is 10.2. The first-order chi connectivity index (χ1) is 12.1.